The highest BCUT2D eigenvalue weighted by molar-refractivity contribution is 5.92. The van der Waals surface area contributed by atoms with Gasteiger partial charge in [-0.25, -0.2) is 0 Å². The van der Waals surface area contributed by atoms with Gasteiger partial charge in [0.05, 0.1) is 6.54 Å². The van der Waals surface area contributed by atoms with Crippen LogP contribution in [0.3, 0.4) is 0 Å². The summed E-state index contributed by atoms with van der Waals surface area (Å²) in [7, 11) is 2.08. The van der Waals surface area contributed by atoms with E-state index in [1.165, 1.54) is 0 Å². The highest BCUT2D eigenvalue weighted by Gasteiger charge is 2.34. The van der Waals surface area contributed by atoms with Gasteiger partial charge in [-0.1, -0.05) is 12.1 Å². The second-order valence-corrected chi connectivity index (χ2v) is 8.32. The summed E-state index contributed by atoms with van der Waals surface area (Å²) in [6, 6.07) is 1.79. The van der Waals surface area contributed by atoms with Crippen LogP contribution in [-0.2, 0) is 4.79 Å². The number of likely N-dealkylation sites (N-methyl/N-ethyl adjacent to an activating group) is 1. The molecule has 0 aromatic carbocycles. The lowest BCUT2D eigenvalue weighted by molar-refractivity contribution is -0.133. The number of carbonyl (C=O) groups excluding carboxylic acids is 2. The summed E-state index contributed by atoms with van der Waals surface area (Å²) < 4.78 is 5.27. The molecule has 2 unspecified atom stereocenters. The van der Waals surface area contributed by atoms with Crippen LogP contribution in [0.5, 0.6) is 0 Å². The van der Waals surface area contributed by atoms with Crippen LogP contribution in [0.15, 0.2) is 10.6 Å². The maximum Gasteiger partial charge on any atom is 0.273 e. The summed E-state index contributed by atoms with van der Waals surface area (Å²) in [6.45, 7) is 7.52. The highest BCUT2D eigenvalue weighted by Crippen LogP contribution is 2.40. The number of hydrogen-bond donors (Lipinski definition) is 1. The first-order valence-corrected chi connectivity index (χ1v) is 9.95. The van der Waals surface area contributed by atoms with Gasteiger partial charge in [0.1, 0.15) is 5.76 Å². The van der Waals surface area contributed by atoms with Crippen LogP contribution in [0.4, 0.5) is 0 Å². The molecule has 2 aliphatic heterocycles. The molecule has 2 amide bonds. The van der Waals surface area contributed by atoms with Gasteiger partial charge < -0.3 is 19.6 Å². The van der Waals surface area contributed by atoms with Gasteiger partial charge in [0.15, 0.2) is 5.69 Å². The molecule has 148 valence electrons. The zero-order valence-corrected chi connectivity index (χ0v) is 16.2. The largest absolute Gasteiger partial charge is 0.360 e. The Morgan fingerprint density at radius 1 is 1.22 bits per heavy atom. The minimum atomic E-state index is -0.185. The Hall–Kier alpha value is -1.93. The average molecular weight is 375 g/mol. The Morgan fingerprint density at radius 3 is 2.67 bits per heavy atom. The van der Waals surface area contributed by atoms with Crippen molar-refractivity contribution in [1.82, 2.24) is 25.2 Å². The summed E-state index contributed by atoms with van der Waals surface area (Å²) in [6.07, 6.45) is 2.23. The number of piperazine rings is 1. The highest BCUT2D eigenvalue weighted by atomic mass is 16.5. The lowest BCUT2D eigenvalue weighted by Gasteiger charge is -2.33. The van der Waals surface area contributed by atoms with Gasteiger partial charge >= 0.3 is 0 Å². The first-order valence-electron chi connectivity index (χ1n) is 9.95. The van der Waals surface area contributed by atoms with E-state index >= 15 is 0 Å². The summed E-state index contributed by atoms with van der Waals surface area (Å²) in [5, 5.41) is 6.99. The van der Waals surface area contributed by atoms with Crippen molar-refractivity contribution in [1.29, 1.82) is 0 Å². The summed E-state index contributed by atoms with van der Waals surface area (Å²) in [5.41, 5.74) is 0.357. The van der Waals surface area contributed by atoms with Gasteiger partial charge in [-0.05, 0) is 25.8 Å². The van der Waals surface area contributed by atoms with E-state index in [0.29, 0.717) is 30.6 Å². The Bertz CT molecular complexity index is 693. The third kappa shape index (κ3) is 4.32. The van der Waals surface area contributed by atoms with Crippen molar-refractivity contribution >= 4 is 11.8 Å². The van der Waals surface area contributed by atoms with Crippen molar-refractivity contribution in [2.45, 2.75) is 31.7 Å². The van der Waals surface area contributed by atoms with Crippen molar-refractivity contribution in [2.75, 3.05) is 52.9 Å². The summed E-state index contributed by atoms with van der Waals surface area (Å²) in [4.78, 5) is 31.4. The Labute approximate surface area is 159 Å². The van der Waals surface area contributed by atoms with Crippen LogP contribution in [0.1, 0.15) is 41.9 Å². The molecule has 1 aromatic rings. The third-order valence-corrected chi connectivity index (χ3v) is 5.96. The van der Waals surface area contributed by atoms with Gasteiger partial charge in [0.25, 0.3) is 5.91 Å². The molecule has 3 fully saturated rings. The number of nitrogens with zero attached hydrogens (tertiary/aromatic N) is 4. The van der Waals surface area contributed by atoms with Gasteiger partial charge in [0.2, 0.25) is 5.91 Å². The van der Waals surface area contributed by atoms with Crippen LogP contribution in [-0.4, -0.2) is 90.6 Å². The molecule has 3 heterocycles. The summed E-state index contributed by atoms with van der Waals surface area (Å²) in [5.74, 6) is 1.56. The van der Waals surface area contributed by atoms with Crippen molar-refractivity contribution < 1.29 is 14.1 Å². The molecule has 1 aliphatic carbocycles. The molecule has 2 saturated heterocycles. The topological polar surface area (TPSA) is 81.9 Å². The predicted octanol–water partition coefficient (Wildman–Crippen LogP) is 0.376. The first-order chi connectivity index (χ1) is 13.0. The quantitative estimate of drug-likeness (QED) is 0.801. The van der Waals surface area contributed by atoms with Gasteiger partial charge in [-0.3, -0.25) is 14.5 Å². The third-order valence-electron chi connectivity index (χ3n) is 5.96. The zero-order chi connectivity index (χ0) is 19.0. The predicted molar refractivity (Wildman–Crippen MR) is 99.4 cm³/mol. The Balaban J connectivity index is 1.27. The molecular weight excluding hydrogens is 346 g/mol. The molecule has 4 rings (SSSR count). The van der Waals surface area contributed by atoms with Gasteiger partial charge in [-0.2, -0.15) is 0 Å². The fourth-order valence-corrected chi connectivity index (χ4v) is 3.93. The number of rotatable bonds is 5. The standard InChI is InChI=1S/C19H29N5O3/c1-13-10-23(12-18(25)24-7-5-22(2)6-8-24)11-16(13)20-19(26)15-9-17(27-21-15)14-3-4-14/h9,13-14,16H,3-8,10-12H2,1-2H3,(H,20,26). The van der Waals surface area contributed by atoms with Crippen LogP contribution >= 0.6 is 0 Å². The van der Waals surface area contributed by atoms with Crippen molar-refractivity contribution in [2.24, 2.45) is 5.92 Å². The van der Waals surface area contributed by atoms with Crippen LogP contribution in [0.25, 0.3) is 0 Å². The van der Waals surface area contributed by atoms with Crippen molar-refractivity contribution in [3.8, 4) is 0 Å². The van der Waals surface area contributed by atoms with Gasteiger partial charge in [0, 0.05) is 57.3 Å². The molecule has 1 aromatic heterocycles. The molecular formula is C19H29N5O3. The minimum Gasteiger partial charge on any atom is -0.360 e. The fourth-order valence-electron chi connectivity index (χ4n) is 3.93. The number of aromatic nitrogens is 1. The maximum atomic E-state index is 12.5. The average Bonchev–Trinajstić information content (AvgIpc) is 3.27. The number of hydrogen-bond acceptors (Lipinski definition) is 6. The van der Waals surface area contributed by atoms with E-state index < -0.39 is 0 Å². The van der Waals surface area contributed by atoms with E-state index in [0.717, 1.165) is 51.3 Å². The molecule has 2 atom stereocenters. The van der Waals surface area contributed by atoms with E-state index in [2.05, 4.69) is 34.2 Å². The smallest absolute Gasteiger partial charge is 0.273 e. The molecule has 0 spiro atoms. The van der Waals surface area contributed by atoms with Crippen molar-refractivity contribution in [3.05, 3.63) is 17.5 Å². The van der Waals surface area contributed by atoms with E-state index in [1.54, 1.807) is 6.07 Å². The zero-order valence-electron chi connectivity index (χ0n) is 16.2. The van der Waals surface area contributed by atoms with E-state index in [4.69, 9.17) is 4.52 Å². The number of nitrogens with one attached hydrogen (secondary N) is 1. The SMILES string of the molecule is CC1CN(CC(=O)N2CCN(C)CC2)CC1NC(=O)c1cc(C2CC2)on1. The molecule has 27 heavy (non-hydrogen) atoms. The Morgan fingerprint density at radius 2 is 1.96 bits per heavy atom. The van der Waals surface area contributed by atoms with E-state index in [-0.39, 0.29) is 17.9 Å². The monoisotopic (exact) mass is 375 g/mol. The van der Waals surface area contributed by atoms with Crippen LogP contribution in [0, 0.1) is 5.92 Å². The van der Waals surface area contributed by atoms with Crippen LogP contribution < -0.4 is 5.32 Å². The molecule has 3 aliphatic rings. The van der Waals surface area contributed by atoms with Gasteiger partial charge in [-0.15, -0.1) is 0 Å². The fraction of sp³-hybridized carbons (Fsp3) is 0.737. The second kappa shape index (κ2) is 7.59. The molecule has 1 saturated carbocycles. The normalized spacial score (nSPS) is 27.1. The second-order valence-electron chi connectivity index (χ2n) is 8.32. The lowest BCUT2D eigenvalue weighted by Crippen LogP contribution is -2.50. The van der Waals surface area contributed by atoms with E-state index in [1.807, 2.05) is 4.90 Å². The molecule has 0 bridgehead atoms. The number of carbonyl (C=O) groups is 2. The lowest BCUT2D eigenvalue weighted by atomic mass is 10.1. The number of likely N-dealkylation sites (tertiary alicyclic amines) is 1. The van der Waals surface area contributed by atoms with Crippen LogP contribution in [0.2, 0.25) is 0 Å². The molecule has 8 nitrogen and oxygen atoms in total. The molecule has 8 heteroatoms. The first kappa shape index (κ1) is 18.4. The molecule has 0 radical (unpaired) electrons. The molecule has 1 N–H and O–H groups in total. The maximum absolute atomic E-state index is 12.5. The summed E-state index contributed by atoms with van der Waals surface area (Å²) >= 11 is 0. The van der Waals surface area contributed by atoms with E-state index in [9.17, 15) is 9.59 Å². The number of amides is 2. The Kier molecular flexibility index (Phi) is 5.19. The van der Waals surface area contributed by atoms with Crippen molar-refractivity contribution in [3.63, 3.8) is 0 Å². The minimum absolute atomic E-state index is 0.0267.